The Balaban J connectivity index is 2.53. The molecule has 0 bridgehead atoms. The van der Waals surface area contributed by atoms with E-state index in [0.29, 0.717) is 23.9 Å². The number of anilines is 1. The van der Waals surface area contributed by atoms with Crippen molar-refractivity contribution in [3.8, 4) is 11.6 Å². The largest absolute Gasteiger partial charge is 0.488 e. The summed E-state index contributed by atoms with van der Waals surface area (Å²) in [7, 11) is 3.64. The highest BCUT2D eigenvalue weighted by molar-refractivity contribution is 5.88. The Morgan fingerprint density at radius 1 is 1.43 bits per heavy atom. The third-order valence-electron chi connectivity index (χ3n) is 2.88. The van der Waals surface area contributed by atoms with Gasteiger partial charge in [-0.3, -0.25) is 4.79 Å². The predicted molar refractivity (Wildman–Crippen MR) is 83.0 cm³/mol. The molecule has 0 aromatic carbocycles. The molecular weight excluding hydrogens is 270 g/mol. The van der Waals surface area contributed by atoms with Crippen LogP contribution in [0.4, 0.5) is 5.69 Å². The van der Waals surface area contributed by atoms with Crippen LogP contribution in [0.3, 0.4) is 0 Å². The van der Waals surface area contributed by atoms with E-state index in [-0.39, 0.29) is 5.91 Å². The molecule has 6 nitrogen and oxygen atoms in total. The molecular formula is C15H25N3O3. The first-order valence-corrected chi connectivity index (χ1v) is 7.19. The van der Waals surface area contributed by atoms with Crippen LogP contribution in [0, 0.1) is 0 Å². The maximum Gasteiger partial charge on any atom is 0.256 e. The van der Waals surface area contributed by atoms with Gasteiger partial charge in [0, 0.05) is 19.5 Å². The second-order valence-corrected chi connectivity index (χ2v) is 4.92. The van der Waals surface area contributed by atoms with Gasteiger partial charge < -0.3 is 19.7 Å². The van der Waals surface area contributed by atoms with Crippen molar-refractivity contribution in [1.29, 1.82) is 0 Å². The molecule has 1 heterocycles. The number of hydrogen-bond donors (Lipinski definition) is 1. The van der Waals surface area contributed by atoms with E-state index in [1.807, 2.05) is 0 Å². The molecule has 1 rings (SSSR count). The average molecular weight is 295 g/mol. The molecule has 1 N–H and O–H groups in total. The van der Waals surface area contributed by atoms with E-state index in [2.05, 4.69) is 29.2 Å². The molecule has 1 amide bonds. The van der Waals surface area contributed by atoms with E-state index < -0.39 is 0 Å². The van der Waals surface area contributed by atoms with Crippen LogP contribution in [0.1, 0.15) is 26.7 Å². The molecule has 0 saturated carbocycles. The van der Waals surface area contributed by atoms with E-state index in [4.69, 9.17) is 9.47 Å². The average Bonchev–Trinajstić information content (AvgIpc) is 2.43. The van der Waals surface area contributed by atoms with Gasteiger partial charge in [-0.25, -0.2) is 4.98 Å². The zero-order valence-corrected chi connectivity index (χ0v) is 13.3. The Morgan fingerprint density at radius 3 is 2.81 bits per heavy atom. The standard InChI is InChI=1S/C15H25N3O3/c1-5-7-18(3)8-6-9-21-14-10-13(17-12(2)19)11-16-15(14)20-4/h10-11H,5-9H2,1-4H3,(H,17,19). The van der Waals surface area contributed by atoms with Crippen molar-refractivity contribution in [2.45, 2.75) is 26.7 Å². The van der Waals surface area contributed by atoms with Crippen molar-refractivity contribution in [3.63, 3.8) is 0 Å². The first-order valence-electron chi connectivity index (χ1n) is 7.19. The van der Waals surface area contributed by atoms with Gasteiger partial charge in [0.15, 0.2) is 5.75 Å². The van der Waals surface area contributed by atoms with E-state index in [1.165, 1.54) is 6.92 Å². The Hall–Kier alpha value is -1.82. The molecule has 0 saturated heterocycles. The fraction of sp³-hybridized carbons (Fsp3) is 0.600. The lowest BCUT2D eigenvalue weighted by Gasteiger charge is -2.16. The number of carbonyl (C=O) groups is 1. The molecule has 0 aliphatic rings. The number of hydrogen-bond acceptors (Lipinski definition) is 5. The number of nitrogens with zero attached hydrogens (tertiary/aromatic N) is 2. The highest BCUT2D eigenvalue weighted by atomic mass is 16.5. The third-order valence-corrected chi connectivity index (χ3v) is 2.88. The summed E-state index contributed by atoms with van der Waals surface area (Å²) in [4.78, 5) is 17.5. The molecule has 0 aliphatic carbocycles. The number of nitrogens with one attached hydrogen (secondary N) is 1. The van der Waals surface area contributed by atoms with Gasteiger partial charge in [0.25, 0.3) is 5.88 Å². The Kier molecular flexibility index (Phi) is 7.53. The maximum atomic E-state index is 11.1. The molecule has 0 unspecified atom stereocenters. The molecule has 1 aromatic rings. The smallest absolute Gasteiger partial charge is 0.256 e. The molecule has 0 radical (unpaired) electrons. The van der Waals surface area contributed by atoms with Crippen LogP contribution in [-0.4, -0.2) is 49.6 Å². The van der Waals surface area contributed by atoms with Crippen molar-refractivity contribution in [2.24, 2.45) is 0 Å². The SMILES string of the molecule is CCCN(C)CCCOc1cc(NC(C)=O)cnc1OC. The highest BCUT2D eigenvalue weighted by Crippen LogP contribution is 2.27. The number of rotatable bonds is 9. The minimum Gasteiger partial charge on any atom is -0.488 e. The topological polar surface area (TPSA) is 63.7 Å². The molecule has 0 aliphatic heterocycles. The number of carbonyl (C=O) groups excluding carboxylic acids is 1. The van der Waals surface area contributed by atoms with Gasteiger partial charge in [0.1, 0.15) is 0 Å². The highest BCUT2D eigenvalue weighted by Gasteiger charge is 2.08. The van der Waals surface area contributed by atoms with Gasteiger partial charge in [-0.05, 0) is 26.4 Å². The summed E-state index contributed by atoms with van der Waals surface area (Å²) in [5.74, 6) is 0.821. The zero-order valence-electron chi connectivity index (χ0n) is 13.3. The van der Waals surface area contributed by atoms with Crippen LogP contribution in [0.5, 0.6) is 11.6 Å². The third kappa shape index (κ3) is 6.44. The fourth-order valence-electron chi connectivity index (χ4n) is 1.97. The number of ether oxygens (including phenoxy) is 2. The number of pyridine rings is 1. The van der Waals surface area contributed by atoms with Crippen LogP contribution < -0.4 is 14.8 Å². The Bertz CT molecular complexity index is 452. The van der Waals surface area contributed by atoms with Gasteiger partial charge in [0.05, 0.1) is 25.6 Å². The van der Waals surface area contributed by atoms with E-state index in [9.17, 15) is 4.79 Å². The van der Waals surface area contributed by atoms with Crippen molar-refractivity contribution in [3.05, 3.63) is 12.3 Å². The molecule has 1 aromatic heterocycles. The van der Waals surface area contributed by atoms with Crippen molar-refractivity contribution in [1.82, 2.24) is 9.88 Å². The number of amides is 1. The summed E-state index contributed by atoms with van der Waals surface area (Å²) >= 11 is 0. The fourth-order valence-corrected chi connectivity index (χ4v) is 1.97. The van der Waals surface area contributed by atoms with Crippen molar-refractivity contribution < 1.29 is 14.3 Å². The minimum atomic E-state index is -0.144. The summed E-state index contributed by atoms with van der Waals surface area (Å²) in [6.45, 7) is 6.26. The molecule has 0 atom stereocenters. The summed E-state index contributed by atoms with van der Waals surface area (Å²) < 4.78 is 10.9. The van der Waals surface area contributed by atoms with Crippen molar-refractivity contribution in [2.75, 3.05) is 39.2 Å². The molecule has 0 spiro atoms. The summed E-state index contributed by atoms with van der Waals surface area (Å²) in [5.41, 5.74) is 0.599. The van der Waals surface area contributed by atoms with E-state index in [1.54, 1.807) is 19.4 Å². The minimum absolute atomic E-state index is 0.144. The predicted octanol–water partition coefficient (Wildman–Crippen LogP) is 2.16. The lowest BCUT2D eigenvalue weighted by molar-refractivity contribution is -0.114. The summed E-state index contributed by atoms with van der Waals surface area (Å²) in [6.07, 6.45) is 3.61. The molecule has 0 fully saturated rings. The van der Waals surface area contributed by atoms with Crippen LogP contribution in [0.25, 0.3) is 0 Å². The normalized spacial score (nSPS) is 10.5. The first-order chi connectivity index (χ1) is 10.1. The number of aromatic nitrogens is 1. The van der Waals surface area contributed by atoms with E-state index in [0.717, 1.165) is 25.9 Å². The number of methoxy groups -OCH3 is 1. The van der Waals surface area contributed by atoms with Gasteiger partial charge in [-0.15, -0.1) is 0 Å². The monoisotopic (exact) mass is 295 g/mol. The molecule has 6 heteroatoms. The van der Waals surface area contributed by atoms with Gasteiger partial charge in [-0.1, -0.05) is 6.92 Å². The van der Waals surface area contributed by atoms with Gasteiger partial charge >= 0.3 is 0 Å². The Labute approximate surface area is 126 Å². The van der Waals surface area contributed by atoms with Crippen LogP contribution in [-0.2, 0) is 4.79 Å². The molecule has 118 valence electrons. The van der Waals surface area contributed by atoms with E-state index >= 15 is 0 Å². The first kappa shape index (κ1) is 17.2. The quantitative estimate of drug-likeness (QED) is 0.707. The maximum absolute atomic E-state index is 11.1. The summed E-state index contributed by atoms with van der Waals surface area (Å²) in [6, 6.07) is 1.73. The van der Waals surface area contributed by atoms with Crippen molar-refractivity contribution >= 4 is 11.6 Å². The lowest BCUT2D eigenvalue weighted by Crippen LogP contribution is -2.21. The Morgan fingerprint density at radius 2 is 2.19 bits per heavy atom. The zero-order chi connectivity index (χ0) is 15.7. The van der Waals surface area contributed by atoms with Gasteiger partial charge in [-0.2, -0.15) is 0 Å². The molecule has 21 heavy (non-hydrogen) atoms. The van der Waals surface area contributed by atoms with Crippen LogP contribution in [0.2, 0.25) is 0 Å². The lowest BCUT2D eigenvalue weighted by atomic mass is 10.3. The van der Waals surface area contributed by atoms with Crippen LogP contribution in [0.15, 0.2) is 12.3 Å². The second kappa shape index (κ2) is 9.18. The summed E-state index contributed by atoms with van der Waals surface area (Å²) in [5, 5.41) is 2.68. The van der Waals surface area contributed by atoms with Gasteiger partial charge in [0.2, 0.25) is 5.91 Å². The van der Waals surface area contributed by atoms with Crippen LogP contribution >= 0.6 is 0 Å². The second-order valence-electron chi connectivity index (χ2n) is 4.92.